The highest BCUT2D eigenvalue weighted by Crippen LogP contribution is 2.22. The Kier molecular flexibility index (Phi) is 6.87. The van der Waals surface area contributed by atoms with Gasteiger partial charge in [-0.15, -0.1) is 0 Å². The molecular weight excluding hydrogens is 328 g/mol. The highest BCUT2D eigenvalue weighted by atomic mass is 35.5. The van der Waals surface area contributed by atoms with Gasteiger partial charge in [-0.05, 0) is 38.0 Å². The Morgan fingerprint density at radius 1 is 1.50 bits per heavy atom. The lowest BCUT2D eigenvalue weighted by atomic mass is 10.2. The van der Waals surface area contributed by atoms with Crippen molar-refractivity contribution in [3.63, 3.8) is 0 Å². The molecule has 7 heteroatoms. The third-order valence-electron chi connectivity index (χ3n) is 3.94. The van der Waals surface area contributed by atoms with Gasteiger partial charge in [-0.2, -0.15) is 0 Å². The summed E-state index contributed by atoms with van der Waals surface area (Å²) in [4.78, 5) is 18.6. The summed E-state index contributed by atoms with van der Waals surface area (Å²) in [6, 6.07) is 5.44. The minimum atomic E-state index is -0.303. The number of nitrogens with zero attached hydrogens (tertiary/aromatic N) is 2. The van der Waals surface area contributed by atoms with Gasteiger partial charge in [0.25, 0.3) is 0 Å². The summed E-state index contributed by atoms with van der Waals surface area (Å²) < 4.78 is 0. The Morgan fingerprint density at radius 2 is 2.29 bits per heavy atom. The molecule has 1 aromatic carbocycles. The first-order chi connectivity index (χ1) is 11.5. The van der Waals surface area contributed by atoms with Crippen LogP contribution in [0.5, 0.6) is 0 Å². The molecule has 0 unspecified atom stereocenters. The van der Waals surface area contributed by atoms with E-state index in [9.17, 15) is 9.90 Å². The predicted octanol–water partition coefficient (Wildman–Crippen LogP) is 2.01. The smallest absolute Gasteiger partial charge is 0.226 e. The first kappa shape index (κ1) is 18.5. The van der Waals surface area contributed by atoms with Gasteiger partial charge < -0.3 is 20.6 Å². The number of halogens is 1. The normalized spacial score (nSPS) is 17.9. The number of β-amino-alcohol motifs (C(OH)–C–C–N with tert-alkyl or cyclic N) is 1. The number of benzene rings is 1. The number of guanidine groups is 1. The van der Waals surface area contributed by atoms with Gasteiger partial charge in [-0.25, -0.2) is 0 Å². The fourth-order valence-corrected chi connectivity index (χ4v) is 2.75. The predicted molar refractivity (Wildman–Crippen MR) is 97.6 cm³/mol. The van der Waals surface area contributed by atoms with E-state index in [1.807, 2.05) is 30.9 Å². The maximum Gasteiger partial charge on any atom is 0.226 e. The number of aliphatic imine (C=N–C) groups is 1. The average Bonchev–Trinajstić information content (AvgIpc) is 2.97. The zero-order valence-electron chi connectivity index (χ0n) is 14.2. The molecule has 1 heterocycles. The Balaban J connectivity index is 1.88. The van der Waals surface area contributed by atoms with Gasteiger partial charge in [-0.1, -0.05) is 17.7 Å². The van der Waals surface area contributed by atoms with E-state index in [2.05, 4.69) is 15.6 Å². The van der Waals surface area contributed by atoms with E-state index in [1.165, 1.54) is 0 Å². The van der Waals surface area contributed by atoms with Crippen molar-refractivity contribution in [1.29, 1.82) is 0 Å². The Hall–Kier alpha value is -1.79. The number of carbonyl (C=O) groups excluding carboxylic acids is 1. The third-order valence-corrected chi connectivity index (χ3v) is 4.35. The number of aliphatic hydroxyl groups is 1. The van der Waals surface area contributed by atoms with E-state index in [-0.39, 0.29) is 18.4 Å². The molecular formula is C17H25ClN4O2. The van der Waals surface area contributed by atoms with Crippen molar-refractivity contribution >= 4 is 29.2 Å². The number of hydrogen-bond acceptors (Lipinski definition) is 3. The molecule has 1 amide bonds. The molecule has 1 fully saturated rings. The lowest BCUT2D eigenvalue weighted by Gasteiger charge is -2.20. The molecule has 24 heavy (non-hydrogen) atoms. The monoisotopic (exact) mass is 352 g/mol. The number of anilines is 1. The van der Waals surface area contributed by atoms with E-state index in [4.69, 9.17) is 11.6 Å². The van der Waals surface area contributed by atoms with Crippen molar-refractivity contribution in [2.45, 2.75) is 32.8 Å². The fraction of sp³-hybridized carbons (Fsp3) is 0.529. The lowest BCUT2D eigenvalue weighted by molar-refractivity contribution is -0.116. The van der Waals surface area contributed by atoms with Gasteiger partial charge in [0.15, 0.2) is 5.96 Å². The summed E-state index contributed by atoms with van der Waals surface area (Å²) >= 11 is 6.06. The van der Waals surface area contributed by atoms with Crippen LogP contribution in [0.25, 0.3) is 0 Å². The summed E-state index contributed by atoms with van der Waals surface area (Å²) in [6.45, 7) is 6.37. The number of carbonyl (C=O) groups is 1. The van der Waals surface area contributed by atoms with Gasteiger partial charge in [0, 0.05) is 36.8 Å². The lowest BCUT2D eigenvalue weighted by Crippen LogP contribution is -2.40. The van der Waals surface area contributed by atoms with E-state index in [0.717, 1.165) is 36.7 Å². The summed E-state index contributed by atoms with van der Waals surface area (Å²) in [5, 5.41) is 16.3. The molecule has 1 aromatic rings. The molecule has 0 aromatic heterocycles. The largest absolute Gasteiger partial charge is 0.391 e. The van der Waals surface area contributed by atoms with Crippen molar-refractivity contribution < 1.29 is 9.90 Å². The molecule has 6 nitrogen and oxygen atoms in total. The standard InChI is InChI=1S/C17H25ClN4O2/c1-3-19-17(22-10-8-13(23)11-22)20-9-7-16(24)21-15-6-4-5-14(18)12(15)2/h4-6,13,23H,3,7-11H2,1-2H3,(H,19,20)(H,21,24)/t13-/m1/s1. The van der Waals surface area contributed by atoms with E-state index >= 15 is 0 Å². The molecule has 2 rings (SSSR count). The molecule has 3 N–H and O–H groups in total. The van der Waals surface area contributed by atoms with Crippen LogP contribution in [0.3, 0.4) is 0 Å². The maximum atomic E-state index is 12.1. The van der Waals surface area contributed by atoms with Gasteiger partial charge in [-0.3, -0.25) is 9.79 Å². The van der Waals surface area contributed by atoms with Crippen molar-refractivity contribution in [1.82, 2.24) is 10.2 Å². The van der Waals surface area contributed by atoms with E-state index < -0.39 is 0 Å². The first-order valence-electron chi connectivity index (χ1n) is 8.27. The van der Waals surface area contributed by atoms with Gasteiger partial charge in [0.05, 0.1) is 12.6 Å². The summed E-state index contributed by atoms with van der Waals surface area (Å²) in [5.41, 5.74) is 1.58. The van der Waals surface area contributed by atoms with E-state index in [0.29, 0.717) is 18.1 Å². The summed E-state index contributed by atoms with van der Waals surface area (Å²) in [7, 11) is 0. The quantitative estimate of drug-likeness (QED) is 0.559. The van der Waals surface area contributed by atoms with Crippen LogP contribution < -0.4 is 10.6 Å². The average molecular weight is 353 g/mol. The second-order valence-corrected chi connectivity index (χ2v) is 6.24. The Morgan fingerprint density at radius 3 is 2.96 bits per heavy atom. The molecule has 0 saturated carbocycles. The van der Waals surface area contributed by atoms with E-state index in [1.54, 1.807) is 6.07 Å². The second-order valence-electron chi connectivity index (χ2n) is 5.83. The molecule has 1 atom stereocenters. The first-order valence-corrected chi connectivity index (χ1v) is 8.65. The zero-order valence-corrected chi connectivity index (χ0v) is 14.9. The van der Waals surface area contributed by atoms with Crippen molar-refractivity contribution in [3.05, 3.63) is 28.8 Å². The SMILES string of the molecule is CCNC(=NCCC(=O)Nc1cccc(Cl)c1C)N1CC[C@@H](O)C1. The molecule has 0 bridgehead atoms. The summed E-state index contributed by atoms with van der Waals surface area (Å²) in [5.74, 6) is 0.655. The molecule has 0 radical (unpaired) electrons. The minimum absolute atomic E-state index is 0.0959. The molecule has 132 valence electrons. The number of aliphatic hydroxyl groups excluding tert-OH is 1. The van der Waals surface area contributed by atoms with Gasteiger partial charge in [0.1, 0.15) is 0 Å². The highest BCUT2D eigenvalue weighted by molar-refractivity contribution is 6.31. The van der Waals surface area contributed by atoms with Crippen LogP contribution in [0.1, 0.15) is 25.3 Å². The molecule has 1 aliphatic heterocycles. The fourth-order valence-electron chi connectivity index (χ4n) is 2.58. The van der Waals surface area contributed by atoms with Crippen molar-refractivity contribution in [3.8, 4) is 0 Å². The number of amides is 1. The van der Waals surface area contributed by atoms with Gasteiger partial charge >= 0.3 is 0 Å². The number of hydrogen-bond donors (Lipinski definition) is 3. The minimum Gasteiger partial charge on any atom is -0.391 e. The highest BCUT2D eigenvalue weighted by Gasteiger charge is 2.22. The molecule has 0 spiro atoms. The van der Waals surface area contributed by atoms with Crippen LogP contribution in [-0.2, 0) is 4.79 Å². The zero-order chi connectivity index (χ0) is 17.5. The molecule has 1 aliphatic rings. The maximum absolute atomic E-state index is 12.1. The summed E-state index contributed by atoms with van der Waals surface area (Å²) in [6.07, 6.45) is 0.735. The van der Waals surface area contributed by atoms with Crippen LogP contribution in [0.15, 0.2) is 23.2 Å². The Bertz CT molecular complexity index is 606. The third kappa shape index (κ3) is 5.11. The van der Waals surface area contributed by atoms with Crippen molar-refractivity contribution in [2.24, 2.45) is 4.99 Å². The molecule has 1 saturated heterocycles. The van der Waals surface area contributed by atoms with Crippen LogP contribution in [0.2, 0.25) is 5.02 Å². The van der Waals surface area contributed by atoms with Crippen LogP contribution in [-0.4, -0.2) is 54.2 Å². The number of likely N-dealkylation sites (tertiary alicyclic amines) is 1. The van der Waals surface area contributed by atoms with Gasteiger partial charge in [0.2, 0.25) is 5.91 Å². The van der Waals surface area contributed by atoms with Crippen LogP contribution in [0.4, 0.5) is 5.69 Å². The number of nitrogens with one attached hydrogen (secondary N) is 2. The second kappa shape index (κ2) is 8.89. The van der Waals surface area contributed by atoms with Crippen LogP contribution in [0, 0.1) is 6.92 Å². The Labute approximate surface area is 147 Å². The van der Waals surface area contributed by atoms with Crippen LogP contribution >= 0.6 is 11.6 Å². The van der Waals surface area contributed by atoms with Crippen molar-refractivity contribution in [2.75, 3.05) is 31.5 Å². The molecule has 0 aliphatic carbocycles. The topological polar surface area (TPSA) is 77.0 Å². The number of rotatable bonds is 5.